The molecule has 1 atom stereocenters. The minimum absolute atomic E-state index is 0.00396. The lowest BCUT2D eigenvalue weighted by molar-refractivity contribution is -0.286. The molecular weight excluding hydrogens is 176 g/mol. The second-order valence-corrected chi connectivity index (χ2v) is 6.36. The third-order valence-electron chi connectivity index (χ3n) is 2.86. The van der Waals surface area contributed by atoms with Gasteiger partial charge in [-0.25, -0.2) is 0 Å². The van der Waals surface area contributed by atoms with E-state index in [1.54, 1.807) is 0 Å². The van der Waals surface area contributed by atoms with E-state index in [1.807, 2.05) is 0 Å². The first kappa shape index (κ1) is 12.0. The summed E-state index contributed by atoms with van der Waals surface area (Å²) in [6.07, 6.45) is 0.202. The van der Waals surface area contributed by atoms with Crippen LogP contribution in [0.1, 0.15) is 48.5 Å². The van der Waals surface area contributed by atoms with Crippen molar-refractivity contribution < 1.29 is 9.47 Å². The van der Waals surface area contributed by atoms with Crippen LogP contribution in [-0.4, -0.2) is 18.5 Å². The molecule has 1 aliphatic rings. The number of hydrogen-bond donors (Lipinski definition) is 0. The van der Waals surface area contributed by atoms with Gasteiger partial charge in [0.1, 0.15) is 0 Å². The summed E-state index contributed by atoms with van der Waals surface area (Å²) < 4.78 is 12.0. The summed E-state index contributed by atoms with van der Waals surface area (Å²) in [6, 6.07) is 0. The fraction of sp³-hybridized carbons (Fsp3) is 1.00. The van der Waals surface area contributed by atoms with Crippen LogP contribution in [0.4, 0.5) is 0 Å². The molecule has 0 N–H and O–H groups in total. The lowest BCUT2D eigenvalue weighted by Gasteiger charge is -2.48. The first-order valence-corrected chi connectivity index (χ1v) is 5.42. The van der Waals surface area contributed by atoms with Gasteiger partial charge < -0.3 is 9.47 Å². The van der Waals surface area contributed by atoms with Crippen LogP contribution < -0.4 is 0 Å². The van der Waals surface area contributed by atoms with Gasteiger partial charge in [-0.15, -0.1) is 0 Å². The second-order valence-electron chi connectivity index (χ2n) is 6.36. The Morgan fingerprint density at radius 1 is 1.00 bits per heavy atom. The van der Waals surface area contributed by atoms with E-state index < -0.39 is 5.79 Å². The van der Waals surface area contributed by atoms with Crippen molar-refractivity contribution in [2.75, 3.05) is 6.61 Å². The molecular formula is C12H24O2. The molecule has 0 saturated carbocycles. The molecule has 14 heavy (non-hydrogen) atoms. The average Bonchev–Trinajstić information content (AvgIpc) is 2.28. The molecule has 0 aromatic rings. The molecule has 0 bridgehead atoms. The van der Waals surface area contributed by atoms with Crippen molar-refractivity contribution in [2.24, 2.45) is 10.8 Å². The smallest absolute Gasteiger partial charge is 0.178 e. The summed E-state index contributed by atoms with van der Waals surface area (Å²) in [7, 11) is 0. The third-order valence-corrected chi connectivity index (χ3v) is 2.86. The summed E-state index contributed by atoms with van der Waals surface area (Å²) in [4.78, 5) is 0. The standard InChI is InChI=1S/C12H24O2/c1-9-8-13-12(14-9,10(2,3)4)11(5,6)7/h9H,8H2,1-7H3. The van der Waals surface area contributed by atoms with Crippen LogP contribution >= 0.6 is 0 Å². The predicted octanol–water partition coefficient (Wildman–Crippen LogP) is 3.21. The predicted molar refractivity (Wildman–Crippen MR) is 58.1 cm³/mol. The van der Waals surface area contributed by atoms with Crippen molar-refractivity contribution in [3.8, 4) is 0 Å². The Bertz CT molecular complexity index is 193. The average molecular weight is 200 g/mol. The lowest BCUT2D eigenvalue weighted by atomic mass is 9.70. The van der Waals surface area contributed by atoms with Gasteiger partial charge in [-0.05, 0) is 6.92 Å². The molecule has 0 aliphatic carbocycles. The van der Waals surface area contributed by atoms with E-state index in [9.17, 15) is 0 Å². The molecule has 0 radical (unpaired) electrons. The van der Waals surface area contributed by atoms with Crippen LogP contribution in [0.2, 0.25) is 0 Å². The van der Waals surface area contributed by atoms with E-state index in [2.05, 4.69) is 48.5 Å². The summed E-state index contributed by atoms with van der Waals surface area (Å²) in [6.45, 7) is 15.8. The van der Waals surface area contributed by atoms with Crippen LogP contribution in [-0.2, 0) is 9.47 Å². The molecule has 1 saturated heterocycles. The van der Waals surface area contributed by atoms with Gasteiger partial charge in [-0.1, -0.05) is 41.5 Å². The Morgan fingerprint density at radius 3 is 1.57 bits per heavy atom. The van der Waals surface area contributed by atoms with Gasteiger partial charge in [-0.3, -0.25) is 0 Å². The van der Waals surface area contributed by atoms with Gasteiger partial charge in [-0.2, -0.15) is 0 Å². The normalized spacial score (nSPS) is 28.1. The van der Waals surface area contributed by atoms with E-state index in [1.165, 1.54) is 0 Å². The highest BCUT2D eigenvalue weighted by Gasteiger charge is 2.57. The minimum atomic E-state index is -0.459. The topological polar surface area (TPSA) is 18.5 Å². The van der Waals surface area contributed by atoms with Gasteiger partial charge in [0.15, 0.2) is 5.79 Å². The quantitative estimate of drug-likeness (QED) is 0.598. The molecule has 1 heterocycles. The second kappa shape index (κ2) is 3.21. The maximum absolute atomic E-state index is 6.06. The third kappa shape index (κ3) is 1.70. The van der Waals surface area contributed by atoms with Crippen LogP contribution in [0.3, 0.4) is 0 Å². The maximum Gasteiger partial charge on any atom is 0.178 e. The van der Waals surface area contributed by atoms with Gasteiger partial charge in [0.2, 0.25) is 0 Å². The van der Waals surface area contributed by atoms with Crippen molar-refractivity contribution in [3.05, 3.63) is 0 Å². The highest BCUT2D eigenvalue weighted by atomic mass is 16.7. The number of rotatable bonds is 0. The zero-order valence-electron chi connectivity index (χ0n) is 10.6. The van der Waals surface area contributed by atoms with Gasteiger partial charge in [0.05, 0.1) is 12.7 Å². The largest absolute Gasteiger partial charge is 0.346 e. The van der Waals surface area contributed by atoms with Crippen LogP contribution in [0, 0.1) is 10.8 Å². The van der Waals surface area contributed by atoms with E-state index in [-0.39, 0.29) is 16.9 Å². The molecule has 2 heteroatoms. The Morgan fingerprint density at radius 2 is 1.43 bits per heavy atom. The van der Waals surface area contributed by atoms with E-state index >= 15 is 0 Å². The van der Waals surface area contributed by atoms with E-state index in [0.29, 0.717) is 6.61 Å². The van der Waals surface area contributed by atoms with Gasteiger partial charge >= 0.3 is 0 Å². The summed E-state index contributed by atoms with van der Waals surface area (Å²) >= 11 is 0. The van der Waals surface area contributed by atoms with Crippen molar-refractivity contribution in [2.45, 2.75) is 60.4 Å². The molecule has 1 aliphatic heterocycles. The van der Waals surface area contributed by atoms with E-state index in [0.717, 1.165) is 0 Å². The van der Waals surface area contributed by atoms with Crippen LogP contribution in [0.15, 0.2) is 0 Å². The van der Waals surface area contributed by atoms with E-state index in [4.69, 9.17) is 9.47 Å². The molecule has 84 valence electrons. The fourth-order valence-corrected chi connectivity index (χ4v) is 2.50. The highest BCUT2D eigenvalue weighted by molar-refractivity contribution is 4.97. The Balaban J connectivity index is 3.05. The Labute approximate surface area is 88.0 Å². The molecule has 1 fully saturated rings. The monoisotopic (exact) mass is 200 g/mol. The molecule has 1 unspecified atom stereocenters. The fourth-order valence-electron chi connectivity index (χ4n) is 2.50. The Hall–Kier alpha value is -0.0800. The van der Waals surface area contributed by atoms with Gasteiger partial charge in [0, 0.05) is 10.8 Å². The first-order chi connectivity index (χ1) is 6.10. The van der Waals surface area contributed by atoms with Crippen molar-refractivity contribution >= 4 is 0 Å². The van der Waals surface area contributed by atoms with Gasteiger partial charge in [0.25, 0.3) is 0 Å². The summed E-state index contributed by atoms with van der Waals surface area (Å²) in [5.41, 5.74) is -0.00792. The SMILES string of the molecule is CC1COC(C(C)(C)C)(C(C)(C)C)O1. The minimum Gasteiger partial charge on any atom is -0.346 e. The summed E-state index contributed by atoms with van der Waals surface area (Å²) in [5.74, 6) is -0.459. The van der Waals surface area contributed by atoms with Crippen molar-refractivity contribution in [3.63, 3.8) is 0 Å². The zero-order valence-corrected chi connectivity index (χ0v) is 10.6. The molecule has 1 rings (SSSR count). The summed E-state index contributed by atoms with van der Waals surface area (Å²) in [5, 5.41) is 0. The number of hydrogen-bond acceptors (Lipinski definition) is 2. The Kier molecular flexibility index (Phi) is 2.75. The molecule has 0 aromatic heterocycles. The highest BCUT2D eigenvalue weighted by Crippen LogP contribution is 2.50. The zero-order chi connectivity index (χ0) is 11.2. The van der Waals surface area contributed by atoms with Crippen LogP contribution in [0.5, 0.6) is 0 Å². The lowest BCUT2D eigenvalue weighted by Crippen LogP contribution is -2.54. The molecule has 0 spiro atoms. The molecule has 0 amide bonds. The van der Waals surface area contributed by atoms with Crippen molar-refractivity contribution in [1.82, 2.24) is 0 Å². The first-order valence-electron chi connectivity index (χ1n) is 5.42. The van der Waals surface area contributed by atoms with Crippen LogP contribution in [0.25, 0.3) is 0 Å². The number of ether oxygens (including phenoxy) is 2. The molecule has 2 nitrogen and oxygen atoms in total. The molecule has 0 aromatic carbocycles. The van der Waals surface area contributed by atoms with Crippen molar-refractivity contribution in [1.29, 1.82) is 0 Å². The maximum atomic E-state index is 6.06.